The SMILES string of the molecule is CCN(CC)c1ccc(N=C2C(N)=NNC2C(F)(F)F)cc1. The number of anilines is 1. The molecular weight excluding hydrogens is 295 g/mol. The number of hydrogen-bond acceptors (Lipinski definition) is 5. The summed E-state index contributed by atoms with van der Waals surface area (Å²) in [6.45, 7) is 5.77. The molecule has 0 amide bonds. The first-order valence-corrected chi connectivity index (χ1v) is 6.96. The quantitative estimate of drug-likeness (QED) is 0.897. The maximum Gasteiger partial charge on any atom is 0.416 e. The summed E-state index contributed by atoms with van der Waals surface area (Å²) in [5.41, 5.74) is 8.54. The van der Waals surface area contributed by atoms with Gasteiger partial charge in [-0.15, -0.1) is 0 Å². The third kappa shape index (κ3) is 3.32. The number of nitrogens with one attached hydrogen (secondary N) is 1. The van der Waals surface area contributed by atoms with Crippen LogP contribution in [0.5, 0.6) is 0 Å². The third-order valence-corrected chi connectivity index (χ3v) is 3.41. The van der Waals surface area contributed by atoms with Gasteiger partial charge in [-0.3, -0.25) is 5.43 Å². The molecule has 1 atom stereocenters. The minimum atomic E-state index is -4.50. The Morgan fingerprint density at radius 3 is 2.32 bits per heavy atom. The predicted molar refractivity (Wildman–Crippen MR) is 81.7 cm³/mol. The van der Waals surface area contributed by atoms with Crippen molar-refractivity contribution in [2.24, 2.45) is 15.8 Å². The maximum absolute atomic E-state index is 12.9. The van der Waals surface area contributed by atoms with Gasteiger partial charge in [0.1, 0.15) is 5.71 Å². The fourth-order valence-corrected chi connectivity index (χ4v) is 2.22. The lowest BCUT2D eigenvalue weighted by Gasteiger charge is -2.21. The van der Waals surface area contributed by atoms with Crippen LogP contribution in [-0.2, 0) is 0 Å². The van der Waals surface area contributed by atoms with Crippen molar-refractivity contribution in [2.75, 3.05) is 18.0 Å². The second kappa shape index (κ2) is 6.25. The minimum Gasteiger partial charge on any atom is -0.381 e. The molecule has 0 bridgehead atoms. The van der Waals surface area contributed by atoms with Crippen LogP contribution in [0.1, 0.15) is 13.8 Å². The smallest absolute Gasteiger partial charge is 0.381 e. The van der Waals surface area contributed by atoms with Crippen LogP contribution in [-0.4, -0.2) is 36.9 Å². The second-order valence-corrected chi connectivity index (χ2v) is 4.79. The lowest BCUT2D eigenvalue weighted by molar-refractivity contribution is -0.138. The number of benzene rings is 1. The van der Waals surface area contributed by atoms with Gasteiger partial charge in [0.05, 0.1) is 5.69 Å². The van der Waals surface area contributed by atoms with Crippen molar-refractivity contribution in [1.29, 1.82) is 0 Å². The number of hydrazone groups is 1. The van der Waals surface area contributed by atoms with Gasteiger partial charge in [0.25, 0.3) is 0 Å². The molecule has 1 heterocycles. The lowest BCUT2D eigenvalue weighted by atomic mass is 10.1. The van der Waals surface area contributed by atoms with Gasteiger partial charge >= 0.3 is 6.18 Å². The van der Waals surface area contributed by atoms with E-state index in [4.69, 9.17) is 5.73 Å². The largest absolute Gasteiger partial charge is 0.416 e. The van der Waals surface area contributed by atoms with Gasteiger partial charge in [-0.05, 0) is 38.1 Å². The Morgan fingerprint density at radius 1 is 1.23 bits per heavy atom. The average Bonchev–Trinajstić information content (AvgIpc) is 2.83. The Labute approximate surface area is 126 Å². The summed E-state index contributed by atoms with van der Waals surface area (Å²) in [5, 5.41) is 3.42. The molecule has 1 aromatic rings. The van der Waals surface area contributed by atoms with Crippen molar-refractivity contribution in [1.82, 2.24) is 5.43 Å². The molecule has 1 aliphatic rings. The molecule has 0 saturated heterocycles. The van der Waals surface area contributed by atoms with E-state index < -0.39 is 12.2 Å². The van der Waals surface area contributed by atoms with Crippen LogP contribution in [0.2, 0.25) is 0 Å². The molecule has 3 N–H and O–H groups in total. The number of amidine groups is 1. The van der Waals surface area contributed by atoms with Crippen LogP contribution < -0.4 is 16.1 Å². The maximum atomic E-state index is 12.9. The molecule has 1 aliphatic heterocycles. The molecular formula is C14H18F3N5. The monoisotopic (exact) mass is 313 g/mol. The summed E-state index contributed by atoms with van der Waals surface area (Å²) >= 11 is 0. The number of nitrogens with two attached hydrogens (primary N) is 1. The Bertz CT molecular complexity index is 573. The van der Waals surface area contributed by atoms with Gasteiger partial charge in [0.15, 0.2) is 11.9 Å². The molecule has 0 saturated carbocycles. The van der Waals surface area contributed by atoms with E-state index in [0.717, 1.165) is 18.8 Å². The van der Waals surface area contributed by atoms with Crippen LogP contribution >= 0.6 is 0 Å². The molecule has 2 rings (SSSR count). The number of halogens is 3. The number of rotatable bonds is 4. The summed E-state index contributed by atoms with van der Waals surface area (Å²) < 4.78 is 38.6. The molecule has 1 aromatic carbocycles. The average molecular weight is 313 g/mol. The molecule has 22 heavy (non-hydrogen) atoms. The molecule has 8 heteroatoms. The zero-order valence-electron chi connectivity index (χ0n) is 12.4. The second-order valence-electron chi connectivity index (χ2n) is 4.79. The van der Waals surface area contributed by atoms with Crippen LogP contribution in [0.25, 0.3) is 0 Å². The van der Waals surface area contributed by atoms with Crippen molar-refractivity contribution < 1.29 is 13.2 Å². The van der Waals surface area contributed by atoms with Crippen LogP contribution in [0.3, 0.4) is 0 Å². The Morgan fingerprint density at radius 2 is 1.82 bits per heavy atom. The molecule has 0 radical (unpaired) electrons. The van der Waals surface area contributed by atoms with E-state index in [1.807, 2.05) is 31.4 Å². The van der Waals surface area contributed by atoms with Gasteiger partial charge in [0.2, 0.25) is 0 Å². The zero-order chi connectivity index (χ0) is 16.3. The van der Waals surface area contributed by atoms with E-state index in [1.165, 1.54) is 0 Å². The first-order valence-electron chi connectivity index (χ1n) is 6.96. The lowest BCUT2D eigenvalue weighted by Crippen LogP contribution is -2.44. The van der Waals surface area contributed by atoms with Crippen molar-refractivity contribution >= 4 is 22.9 Å². The van der Waals surface area contributed by atoms with Gasteiger partial charge in [0, 0.05) is 18.8 Å². The topological polar surface area (TPSA) is 66.0 Å². The summed E-state index contributed by atoms with van der Waals surface area (Å²) in [5.74, 6) is -0.241. The van der Waals surface area contributed by atoms with E-state index in [0.29, 0.717) is 5.69 Å². The molecule has 0 fully saturated rings. The van der Waals surface area contributed by atoms with E-state index in [2.05, 4.69) is 15.0 Å². The summed E-state index contributed by atoms with van der Waals surface area (Å²) in [6.07, 6.45) is -4.50. The molecule has 0 spiro atoms. The predicted octanol–water partition coefficient (Wildman–Crippen LogP) is 2.41. The molecule has 1 unspecified atom stereocenters. The third-order valence-electron chi connectivity index (χ3n) is 3.41. The number of alkyl halides is 3. The highest BCUT2D eigenvalue weighted by Crippen LogP contribution is 2.26. The van der Waals surface area contributed by atoms with Gasteiger partial charge in [-0.1, -0.05) is 0 Å². The normalized spacial score (nSPS) is 20.0. The highest BCUT2D eigenvalue weighted by Gasteiger charge is 2.47. The van der Waals surface area contributed by atoms with Crippen molar-refractivity contribution in [3.8, 4) is 0 Å². The minimum absolute atomic E-state index is 0.241. The molecule has 0 aliphatic carbocycles. The highest BCUT2D eigenvalue weighted by molar-refractivity contribution is 6.44. The Kier molecular flexibility index (Phi) is 4.58. The molecule has 0 aromatic heterocycles. The van der Waals surface area contributed by atoms with Crippen LogP contribution in [0.4, 0.5) is 24.5 Å². The number of hydrogen-bond donors (Lipinski definition) is 2. The van der Waals surface area contributed by atoms with E-state index in [9.17, 15) is 13.2 Å². The molecule has 5 nitrogen and oxygen atoms in total. The Balaban J connectivity index is 2.26. The van der Waals surface area contributed by atoms with E-state index in [-0.39, 0.29) is 11.5 Å². The Hall–Kier alpha value is -2.25. The molecule has 120 valence electrons. The summed E-state index contributed by atoms with van der Waals surface area (Å²) in [4.78, 5) is 6.13. The standard InChI is InChI=1S/C14H18F3N5/c1-3-22(4-2)10-7-5-9(6-8-10)19-11-12(14(15,16)17)20-21-13(11)18/h5-8,12,20H,3-4H2,1-2H3,(H2,18,21). The van der Waals surface area contributed by atoms with Crippen molar-refractivity contribution in [3.05, 3.63) is 24.3 Å². The first-order chi connectivity index (χ1) is 10.4. The fourth-order valence-electron chi connectivity index (χ4n) is 2.22. The summed E-state index contributed by atoms with van der Waals surface area (Å²) in [7, 11) is 0. The van der Waals surface area contributed by atoms with Crippen molar-refractivity contribution in [3.63, 3.8) is 0 Å². The number of aliphatic imine (C=N–C) groups is 1. The zero-order valence-corrected chi connectivity index (χ0v) is 12.4. The first kappa shape index (κ1) is 16.1. The van der Waals surface area contributed by atoms with Crippen LogP contribution in [0, 0.1) is 0 Å². The van der Waals surface area contributed by atoms with E-state index in [1.54, 1.807) is 12.1 Å². The summed E-state index contributed by atoms with van der Waals surface area (Å²) in [6, 6.07) is 5.02. The fraction of sp³-hybridized carbons (Fsp3) is 0.429. The van der Waals surface area contributed by atoms with Crippen molar-refractivity contribution in [2.45, 2.75) is 26.1 Å². The van der Waals surface area contributed by atoms with Gasteiger partial charge < -0.3 is 10.6 Å². The van der Waals surface area contributed by atoms with Gasteiger partial charge in [-0.2, -0.15) is 18.3 Å². The van der Waals surface area contributed by atoms with Crippen LogP contribution in [0.15, 0.2) is 34.4 Å². The highest BCUT2D eigenvalue weighted by atomic mass is 19.4. The van der Waals surface area contributed by atoms with E-state index >= 15 is 0 Å². The van der Waals surface area contributed by atoms with Gasteiger partial charge in [-0.25, -0.2) is 4.99 Å². The number of nitrogens with zero attached hydrogens (tertiary/aromatic N) is 3.